The van der Waals surface area contributed by atoms with Gasteiger partial charge in [0.2, 0.25) is 5.96 Å². The van der Waals surface area contributed by atoms with Crippen molar-refractivity contribution < 1.29 is 4.42 Å². The van der Waals surface area contributed by atoms with Gasteiger partial charge in [-0.05, 0) is 36.5 Å². The standard InChI is InChI=1S/C16H17BrN4O.ClH/c1-9-8-22-14-7-10(11-4-2-3-5-12(11)17)6-13(15(9)14)20-21-16(18)19;/h2-5,8,10H,6-7H2,1H3,(H4,18,19,21);1H/b20-13-;. The van der Waals surface area contributed by atoms with Crippen molar-refractivity contribution in [2.24, 2.45) is 21.7 Å². The van der Waals surface area contributed by atoms with E-state index in [4.69, 9.17) is 15.9 Å². The lowest BCUT2D eigenvalue weighted by Crippen LogP contribution is -2.23. The monoisotopic (exact) mass is 396 g/mol. The van der Waals surface area contributed by atoms with Crippen LogP contribution in [0, 0.1) is 6.92 Å². The molecule has 0 amide bonds. The summed E-state index contributed by atoms with van der Waals surface area (Å²) in [5.41, 5.74) is 15.0. The molecule has 0 saturated heterocycles. The topological polar surface area (TPSA) is 89.9 Å². The van der Waals surface area contributed by atoms with E-state index < -0.39 is 0 Å². The van der Waals surface area contributed by atoms with Crippen molar-refractivity contribution in [1.82, 2.24) is 0 Å². The molecular formula is C16H18BrClN4O. The Morgan fingerprint density at radius 2 is 2.00 bits per heavy atom. The van der Waals surface area contributed by atoms with Crippen LogP contribution in [0.25, 0.3) is 0 Å². The number of nitrogens with two attached hydrogens (primary N) is 2. The molecular weight excluding hydrogens is 380 g/mol. The minimum Gasteiger partial charge on any atom is -0.468 e. The number of aryl methyl sites for hydroxylation is 1. The van der Waals surface area contributed by atoms with E-state index in [0.29, 0.717) is 0 Å². The molecule has 4 N–H and O–H groups in total. The molecule has 3 rings (SSSR count). The zero-order valence-corrected chi connectivity index (χ0v) is 15.0. The van der Waals surface area contributed by atoms with Crippen molar-refractivity contribution >= 4 is 40.0 Å². The molecule has 0 fully saturated rings. The van der Waals surface area contributed by atoms with Crippen molar-refractivity contribution in [2.45, 2.75) is 25.7 Å². The van der Waals surface area contributed by atoms with Crippen LogP contribution in [0.3, 0.4) is 0 Å². The van der Waals surface area contributed by atoms with Crippen LogP contribution in [0.15, 0.2) is 49.6 Å². The molecule has 0 radical (unpaired) electrons. The Morgan fingerprint density at radius 1 is 1.26 bits per heavy atom. The maximum absolute atomic E-state index is 5.71. The van der Waals surface area contributed by atoms with Crippen LogP contribution in [0.1, 0.15) is 34.8 Å². The zero-order chi connectivity index (χ0) is 15.7. The molecule has 0 spiro atoms. The van der Waals surface area contributed by atoms with Gasteiger partial charge in [0.15, 0.2) is 0 Å². The van der Waals surface area contributed by atoms with Crippen LogP contribution < -0.4 is 11.5 Å². The van der Waals surface area contributed by atoms with E-state index in [1.165, 1.54) is 5.56 Å². The van der Waals surface area contributed by atoms with Gasteiger partial charge in [-0.1, -0.05) is 34.1 Å². The quantitative estimate of drug-likeness (QED) is 0.462. The number of furan rings is 1. The predicted molar refractivity (Wildman–Crippen MR) is 98.2 cm³/mol. The smallest absolute Gasteiger partial charge is 0.211 e. The minimum absolute atomic E-state index is 0. The molecule has 1 aromatic heterocycles. The summed E-state index contributed by atoms with van der Waals surface area (Å²) < 4.78 is 6.80. The lowest BCUT2D eigenvalue weighted by atomic mass is 9.81. The minimum atomic E-state index is -0.0433. The second-order valence-corrected chi connectivity index (χ2v) is 6.27. The van der Waals surface area contributed by atoms with E-state index in [1.54, 1.807) is 6.26 Å². The summed E-state index contributed by atoms with van der Waals surface area (Å²) in [6.07, 6.45) is 3.37. The van der Waals surface area contributed by atoms with Crippen molar-refractivity contribution in [3.8, 4) is 0 Å². The van der Waals surface area contributed by atoms with Crippen molar-refractivity contribution in [3.05, 3.63) is 57.5 Å². The number of benzene rings is 1. The Morgan fingerprint density at radius 3 is 2.70 bits per heavy atom. The summed E-state index contributed by atoms with van der Waals surface area (Å²) in [7, 11) is 0. The van der Waals surface area contributed by atoms with E-state index in [1.807, 2.05) is 25.1 Å². The van der Waals surface area contributed by atoms with Gasteiger partial charge < -0.3 is 15.9 Å². The highest BCUT2D eigenvalue weighted by atomic mass is 79.9. The molecule has 1 aliphatic rings. The fraction of sp³-hybridized carbons (Fsp3) is 0.250. The van der Waals surface area contributed by atoms with Crippen LogP contribution in [-0.4, -0.2) is 11.7 Å². The fourth-order valence-electron chi connectivity index (χ4n) is 2.90. The van der Waals surface area contributed by atoms with Crippen LogP contribution >= 0.6 is 28.3 Å². The molecule has 5 nitrogen and oxygen atoms in total. The van der Waals surface area contributed by atoms with Gasteiger partial charge in [-0.15, -0.1) is 17.5 Å². The summed E-state index contributed by atoms with van der Waals surface area (Å²) in [6, 6.07) is 8.21. The Kier molecular flexibility index (Phi) is 5.49. The van der Waals surface area contributed by atoms with Crippen molar-refractivity contribution in [1.29, 1.82) is 0 Å². The molecule has 0 saturated carbocycles. The van der Waals surface area contributed by atoms with E-state index in [2.05, 4.69) is 32.2 Å². The van der Waals surface area contributed by atoms with E-state index in [9.17, 15) is 0 Å². The van der Waals surface area contributed by atoms with E-state index >= 15 is 0 Å². The molecule has 1 unspecified atom stereocenters. The third-order valence-corrected chi connectivity index (χ3v) is 4.56. The number of hydrogen-bond donors (Lipinski definition) is 2. The maximum atomic E-state index is 5.71. The SMILES string of the molecule is Cc1coc2c1/C(=N\N=C(N)N)CC(c1ccccc1Br)C2.Cl. The number of guanidine groups is 1. The molecule has 1 atom stereocenters. The summed E-state index contributed by atoms with van der Waals surface area (Å²) in [6.45, 7) is 2.01. The third kappa shape index (κ3) is 3.59. The summed E-state index contributed by atoms with van der Waals surface area (Å²) in [4.78, 5) is 0. The Hall–Kier alpha value is -1.79. The van der Waals surface area contributed by atoms with Gasteiger partial charge in [-0.3, -0.25) is 0 Å². The number of fused-ring (bicyclic) bond motifs is 1. The highest BCUT2D eigenvalue weighted by Gasteiger charge is 2.30. The normalized spacial score (nSPS) is 18.2. The second-order valence-electron chi connectivity index (χ2n) is 5.42. The van der Waals surface area contributed by atoms with Gasteiger partial charge in [-0.2, -0.15) is 5.10 Å². The summed E-state index contributed by atoms with van der Waals surface area (Å²) in [5, 5.41) is 8.07. The molecule has 2 aromatic rings. The number of hydrogen-bond acceptors (Lipinski definition) is 3. The molecule has 1 heterocycles. The lowest BCUT2D eigenvalue weighted by Gasteiger charge is -2.24. The highest BCUT2D eigenvalue weighted by molar-refractivity contribution is 9.10. The predicted octanol–water partition coefficient (Wildman–Crippen LogP) is 3.48. The maximum Gasteiger partial charge on any atom is 0.211 e. The van der Waals surface area contributed by atoms with Crippen LogP contribution in [0.5, 0.6) is 0 Å². The van der Waals surface area contributed by atoms with Crippen molar-refractivity contribution in [3.63, 3.8) is 0 Å². The molecule has 23 heavy (non-hydrogen) atoms. The molecule has 7 heteroatoms. The zero-order valence-electron chi connectivity index (χ0n) is 12.6. The number of rotatable bonds is 2. The van der Waals surface area contributed by atoms with Crippen molar-refractivity contribution in [2.75, 3.05) is 0 Å². The lowest BCUT2D eigenvalue weighted by molar-refractivity contribution is 0.480. The Balaban J connectivity index is 0.00000192. The fourth-order valence-corrected chi connectivity index (χ4v) is 3.51. The first-order chi connectivity index (χ1) is 10.6. The molecule has 122 valence electrons. The van der Waals surface area contributed by atoms with Gasteiger partial charge in [0.05, 0.1) is 12.0 Å². The average molecular weight is 398 g/mol. The average Bonchev–Trinajstić information content (AvgIpc) is 2.87. The molecule has 0 bridgehead atoms. The van der Waals surface area contributed by atoms with Gasteiger partial charge in [0.1, 0.15) is 5.76 Å². The first-order valence-electron chi connectivity index (χ1n) is 7.03. The Labute approximate surface area is 149 Å². The second kappa shape index (κ2) is 7.19. The van der Waals surface area contributed by atoms with E-state index in [0.717, 1.165) is 39.9 Å². The highest BCUT2D eigenvalue weighted by Crippen LogP contribution is 2.38. The van der Waals surface area contributed by atoms with Gasteiger partial charge in [0.25, 0.3) is 0 Å². The molecule has 1 aliphatic carbocycles. The number of halogens is 2. The van der Waals surface area contributed by atoms with Gasteiger partial charge >= 0.3 is 0 Å². The third-order valence-electron chi connectivity index (χ3n) is 3.84. The molecule has 1 aromatic carbocycles. The van der Waals surface area contributed by atoms with Gasteiger partial charge in [-0.25, -0.2) is 0 Å². The van der Waals surface area contributed by atoms with E-state index in [-0.39, 0.29) is 24.3 Å². The Bertz CT molecular complexity index is 765. The molecule has 0 aliphatic heterocycles. The largest absolute Gasteiger partial charge is 0.468 e. The summed E-state index contributed by atoms with van der Waals surface area (Å²) >= 11 is 3.62. The van der Waals surface area contributed by atoms with Crippen LogP contribution in [0.4, 0.5) is 0 Å². The first kappa shape index (κ1) is 17.6. The van der Waals surface area contributed by atoms with Gasteiger partial charge in [0, 0.05) is 16.5 Å². The first-order valence-corrected chi connectivity index (χ1v) is 7.82. The van der Waals surface area contributed by atoms with Crippen LogP contribution in [0.2, 0.25) is 0 Å². The summed E-state index contributed by atoms with van der Waals surface area (Å²) in [5.74, 6) is 1.17. The van der Waals surface area contributed by atoms with Crippen LogP contribution in [-0.2, 0) is 6.42 Å². The number of nitrogens with zero attached hydrogens (tertiary/aromatic N) is 2.